The molecule has 2 aromatic carbocycles. The summed E-state index contributed by atoms with van der Waals surface area (Å²) >= 11 is 5.94. The SMILES string of the molecule is CNC(=O)c1ccc(/C=C/C(=O)Nc2ccc(Cl)c(C(=O)OC)c2)cc1. The Morgan fingerprint density at radius 1 is 1.08 bits per heavy atom. The number of esters is 1. The number of nitrogens with one attached hydrogen (secondary N) is 2. The predicted octanol–water partition coefficient (Wildman–Crippen LogP) is 3.14. The second-order valence-corrected chi connectivity index (χ2v) is 5.62. The third kappa shape index (κ3) is 4.94. The normalized spacial score (nSPS) is 10.4. The van der Waals surface area contributed by atoms with Gasteiger partial charge in [-0.05, 0) is 42.0 Å². The van der Waals surface area contributed by atoms with Gasteiger partial charge in [0, 0.05) is 24.4 Å². The Morgan fingerprint density at radius 2 is 1.77 bits per heavy atom. The van der Waals surface area contributed by atoms with Gasteiger partial charge < -0.3 is 15.4 Å². The molecule has 7 heteroatoms. The number of ether oxygens (including phenoxy) is 1. The standard InChI is InChI=1S/C19H17ClN2O4/c1-21-18(24)13-6-3-12(4-7-13)5-10-17(23)22-14-8-9-16(20)15(11-14)19(25)26-2/h3-11H,1-2H3,(H,21,24)(H,22,23)/b10-5+. The zero-order chi connectivity index (χ0) is 19.1. The maximum absolute atomic E-state index is 12.0. The molecule has 0 spiro atoms. The van der Waals surface area contributed by atoms with Crippen molar-refractivity contribution < 1.29 is 19.1 Å². The van der Waals surface area contributed by atoms with Crippen LogP contribution in [-0.4, -0.2) is 31.9 Å². The Balaban J connectivity index is 2.05. The zero-order valence-electron chi connectivity index (χ0n) is 14.2. The van der Waals surface area contributed by atoms with Gasteiger partial charge in [0.2, 0.25) is 5.91 Å². The molecule has 6 nitrogen and oxygen atoms in total. The first kappa shape index (κ1) is 19.2. The van der Waals surface area contributed by atoms with Crippen molar-refractivity contribution in [3.05, 3.63) is 70.3 Å². The highest BCUT2D eigenvalue weighted by molar-refractivity contribution is 6.33. The van der Waals surface area contributed by atoms with Crippen LogP contribution >= 0.6 is 11.6 Å². The minimum atomic E-state index is -0.585. The molecule has 0 radical (unpaired) electrons. The smallest absolute Gasteiger partial charge is 0.339 e. The summed E-state index contributed by atoms with van der Waals surface area (Å²) in [6.45, 7) is 0. The van der Waals surface area contributed by atoms with Crippen LogP contribution in [0, 0.1) is 0 Å². The van der Waals surface area contributed by atoms with Crippen molar-refractivity contribution >= 4 is 41.1 Å². The molecule has 0 atom stereocenters. The molecule has 2 amide bonds. The second-order valence-electron chi connectivity index (χ2n) is 5.21. The lowest BCUT2D eigenvalue weighted by Gasteiger charge is -2.06. The molecule has 2 N–H and O–H groups in total. The van der Waals surface area contributed by atoms with E-state index in [1.165, 1.54) is 25.3 Å². The summed E-state index contributed by atoms with van der Waals surface area (Å²) in [4.78, 5) is 35.1. The summed E-state index contributed by atoms with van der Waals surface area (Å²) in [5, 5.41) is 5.41. The second kappa shape index (κ2) is 8.82. The fourth-order valence-electron chi connectivity index (χ4n) is 2.12. The number of carbonyl (C=O) groups excluding carboxylic acids is 3. The van der Waals surface area contributed by atoms with Gasteiger partial charge in [-0.25, -0.2) is 4.79 Å². The third-order valence-corrected chi connectivity index (χ3v) is 3.80. The Hall–Kier alpha value is -3.12. The van der Waals surface area contributed by atoms with Crippen molar-refractivity contribution in [2.45, 2.75) is 0 Å². The number of benzene rings is 2. The molecule has 134 valence electrons. The third-order valence-electron chi connectivity index (χ3n) is 3.47. The molecule has 0 bridgehead atoms. The van der Waals surface area contributed by atoms with Crippen molar-refractivity contribution in [3.63, 3.8) is 0 Å². The molecule has 0 saturated carbocycles. The monoisotopic (exact) mass is 372 g/mol. The van der Waals surface area contributed by atoms with Gasteiger partial charge in [-0.1, -0.05) is 23.7 Å². The molecule has 0 heterocycles. The number of methoxy groups -OCH3 is 1. The molecule has 0 aliphatic rings. The van der Waals surface area contributed by atoms with Crippen LogP contribution in [0.3, 0.4) is 0 Å². The first-order valence-electron chi connectivity index (χ1n) is 7.63. The number of carbonyl (C=O) groups is 3. The summed E-state index contributed by atoms with van der Waals surface area (Å²) in [6, 6.07) is 11.3. The summed E-state index contributed by atoms with van der Waals surface area (Å²) in [5.74, 6) is -1.14. The Morgan fingerprint density at radius 3 is 2.38 bits per heavy atom. The Labute approximate surface area is 155 Å². The van der Waals surface area contributed by atoms with E-state index in [9.17, 15) is 14.4 Å². The van der Waals surface area contributed by atoms with Gasteiger partial charge in [-0.3, -0.25) is 9.59 Å². The average Bonchev–Trinajstić information content (AvgIpc) is 2.67. The lowest BCUT2D eigenvalue weighted by Crippen LogP contribution is -2.17. The average molecular weight is 373 g/mol. The van der Waals surface area contributed by atoms with Gasteiger partial charge in [0.25, 0.3) is 5.91 Å². The van der Waals surface area contributed by atoms with Crippen LogP contribution in [-0.2, 0) is 9.53 Å². The quantitative estimate of drug-likeness (QED) is 0.623. The van der Waals surface area contributed by atoms with E-state index in [-0.39, 0.29) is 22.4 Å². The lowest BCUT2D eigenvalue weighted by molar-refractivity contribution is -0.111. The molecule has 0 saturated heterocycles. The van der Waals surface area contributed by atoms with Crippen molar-refractivity contribution in [2.75, 3.05) is 19.5 Å². The van der Waals surface area contributed by atoms with E-state index in [0.717, 1.165) is 5.56 Å². The van der Waals surface area contributed by atoms with E-state index < -0.39 is 5.97 Å². The summed E-state index contributed by atoms with van der Waals surface area (Å²) in [6.07, 6.45) is 2.96. The highest BCUT2D eigenvalue weighted by Gasteiger charge is 2.12. The number of halogens is 1. The van der Waals surface area contributed by atoms with E-state index in [1.807, 2.05) is 0 Å². The Kier molecular flexibility index (Phi) is 6.52. The summed E-state index contributed by atoms with van der Waals surface area (Å²) in [7, 11) is 2.81. The van der Waals surface area contributed by atoms with Crippen molar-refractivity contribution in [3.8, 4) is 0 Å². The maximum Gasteiger partial charge on any atom is 0.339 e. The number of hydrogen-bond acceptors (Lipinski definition) is 4. The minimum absolute atomic E-state index is 0.167. The molecule has 0 fully saturated rings. The predicted molar refractivity (Wildman–Crippen MR) is 100 cm³/mol. The summed E-state index contributed by atoms with van der Waals surface area (Å²) in [5.41, 5.74) is 1.88. The van der Waals surface area contributed by atoms with Crippen LogP contribution in [0.4, 0.5) is 5.69 Å². The lowest BCUT2D eigenvalue weighted by atomic mass is 10.1. The fourth-order valence-corrected chi connectivity index (χ4v) is 2.31. The van der Waals surface area contributed by atoms with Gasteiger partial charge in [-0.2, -0.15) is 0 Å². The molecule has 26 heavy (non-hydrogen) atoms. The van der Waals surface area contributed by atoms with Crippen LogP contribution < -0.4 is 10.6 Å². The van der Waals surface area contributed by atoms with Crippen LogP contribution in [0.5, 0.6) is 0 Å². The van der Waals surface area contributed by atoms with Crippen molar-refractivity contribution in [1.29, 1.82) is 0 Å². The molecule has 2 aromatic rings. The van der Waals surface area contributed by atoms with Crippen LogP contribution in [0.2, 0.25) is 5.02 Å². The van der Waals surface area contributed by atoms with Crippen LogP contribution in [0.1, 0.15) is 26.3 Å². The highest BCUT2D eigenvalue weighted by atomic mass is 35.5. The molecule has 0 aliphatic heterocycles. The van der Waals surface area contributed by atoms with Crippen LogP contribution in [0.25, 0.3) is 6.08 Å². The van der Waals surface area contributed by atoms with E-state index in [4.69, 9.17) is 11.6 Å². The van der Waals surface area contributed by atoms with Gasteiger partial charge >= 0.3 is 5.97 Å². The van der Waals surface area contributed by atoms with Gasteiger partial charge in [0.05, 0.1) is 17.7 Å². The minimum Gasteiger partial charge on any atom is -0.465 e. The first-order valence-corrected chi connectivity index (χ1v) is 8.01. The first-order chi connectivity index (χ1) is 12.4. The fraction of sp³-hybridized carbons (Fsp3) is 0.105. The largest absolute Gasteiger partial charge is 0.465 e. The maximum atomic E-state index is 12.0. The molecule has 0 unspecified atom stereocenters. The number of hydrogen-bond donors (Lipinski definition) is 2. The molecule has 0 aliphatic carbocycles. The van der Waals surface area contributed by atoms with Gasteiger partial charge in [0.1, 0.15) is 0 Å². The Bertz CT molecular complexity index is 860. The molecular weight excluding hydrogens is 356 g/mol. The van der Waals surface area contributed by atoms with Gasteiger partial charge in [0.15, 0.2) is 0 Å². The van der Waals surface area contributed by atoms with E-state index in [1.54, 1.807) is 43.5 Å². The van der Waals surface area contributed by atoms with Crippen LogP contribution in [0.15, 0.2) is 48.5 Å². The van der Waals surface area contributed by atoms with Crippen molar-refractivity contribution in [2.24, 2.45) is 0 Å². The van der Waals surface area contributed by atoms with E-state index in [0.29, 0.717) is 11.3 Å². The molecular formula is C19H17ClN2O4. The highest BCUT2D eigenvalue weighted by Crippen LogP contribution is 2.21. The summed E-state index contributed by atoms with van der Waals surface area (Å²) < 4.78 is 4.64. The number of anilines is 1. The topological polar surface area (TPSA) is 84.5 Å². The van der Waals surface area contributed by atoms with Gasteiger partial charge in [-0.15, -0.1) is 0 Å². The molecule has 2 rings (SSSR count). The number of amides is 2. The van der Waals surface area contributed by atoms with Crippen molar-refractivity contribution in [1.82, 2.24) is 5.32 Å². The molecule has 0 aromatic heterocycles. The zero-order valence-corrected chi connectivity index (χ0v) is 15.0. The van der Waals surface area contributed by atoms with E-state index in [2.05, 4.69) is 15.4 Å². The van der Waals surface area contributed by atoms with E-state index >= 15 is 0 Å². The number of rotatable bonds is 5.